The number of pyridine rings is 1. The van der Waals surface area contributed by atoms with Crippen LogP contribution >= 0.6 is 0 Å². The van der Waals surface area contributed by atoms with E-state index in [1.807, 2.05) is 17.2 Å². The summed E-state index contributed by atoms with van der Waals surface area (Å²) in [5.41, 5.74) is 12.3. The normalized spacial score (nSPS) is 18.4. The van der Waals surface area contributed by atoms with Crippen LogP contribution in [0.25, 0.3) is 27.6 Å². The molecule has 3 aliphatic rings. The lowest BCUT2D eigenvalue weighted by Crippen LogP contribution is -2.42. The van der Waals surface area contributed by atoms with Crippen LogP contribution in [0.3, 0.4) is 0 Å². The van der Waals surface area contributed by atoms with Gasteiger partial charge >= 0.3 is 0 Å². The van der Waals surface area contributed by atoms with Crippen LogP contribution < -0.4 is 10.6 Å². The Morgan fingerprint density at radius 1 is 1.02 bits per heavy atom. The number of anilines is 1. The summed E-state index contributed by atoms with van der Waals surface area (Å²) in [4.78, 5) is 47.9. The lowest BCUT2D eigenvalue weighted by molar-refractivity contribution is -0.129. The maximum Gasteiger partial charge on any atom is 0.225 e. The molecule has 1 aromatic carbocycles. The SMILES string of the molecule is CN=C/C(=C\N)c1cc2cccc(-c3nn(C4CCN(CC5CCN(c6ncc(C=O)cn6)CC5)CC4)c4c3CN(C(C)=O)CC4)c2cn1. The third-order valence-corrected chi connectivity index (χ3v) is 10.4. The Bertz CT molecular complexity index is 1880. The Morgan fingerprint density at radius 2 is 1.80 bits per heavy atom. The predicted octanol–water partition coefficient (Wildman–Crippen LogP) is 4.16. The molecule has 3 aliphatic heterocycles. The minimum Gasteiger partial charge on any atom is -0.404 e. The number of fused-ring (bicyclic) bond motifs is 2. The van der Waals surface area contributed by atoms with Gasteiger partial charge in [-0.3, -0.25) is 24.2 Å². The highest BCUT2D eigenvalue weighted by molar-refractivity contribution is 6.10. The summed E-state index contributed by atoms with van der Waals surface area (Å²) < 4.78 is 2.31. The van der Waals surface area contributed by atoms with Crippen LogP contribution in [0, 0.1) is 5.92 Å². The number of amides is 1. The lowest BCUT2D eigenvalue weighted by atomic mass is 9.94. The number of nitrogens with two attached hydrogens (primary N) is 1. The average molecular weight is 661 g/mol. The van der Waals surface area contributed by atoms with Crippen molar-refractivity contribution in [3.63, 3.8) is 0 Å². The highest BCUT2D eigenvalue weighted by Gasteiger charge is 2.32. The zero-order valence-electron chi connectivity index (χ0n) is 28.3. The molecule has 0 bridgehead atoms. The third kappa shape index (κ3) is 6.69. The molecule has 0 atom stereocenters. The van der Waals surface area contributed by atoms with Crippen LogP contribution in [0.5, 0.6) is 0 Å². The molecule has 2 N–H and O–H groups in total. The minimum atomic E-state index is 0.0924. The van der Waals surface area contributed by atoms with E-state index in [4.69, 9.17) is 15.8 Å². The van der Waals surface area contributed by atoms with Gasteiger partial charge in [-0.05, 0) is 43.1 Å². The van der Waals surface area contributed by atoms with Crippen molar-refractivity contribution >= 4 is 40.7 Å². The second-order valence-electron chi connectivity index (χ2n) is 13.4. The van der Waals surface area contributed by atoms with Crippen molar-refractivity contribution < 1.29 is 9.59 Å². The van der Waals surface area contributed by atoms with Crippen LogP contribution in [0.2, 0.25) is 0 Å². The molecule has 0 saturated carbocycles. The molecular formula is C37H44N10O2. The van der Waals surface area contributed by atoms with Crippen molar-refractivity contribution in [2.75, 3.05) is 51.2 Å². The Morgan fingerprint density at radius 3 is 2.49 bits per heavy atom. The van der Waals surface area contributed by atoms with Crippen LogP contribution in [-0.4, -0.2) is 99.3 Å². The fraction of sp³-hybridized carbons (Fsp3) is 0.432. The summed E-state index contributed by atoms with van der Waals surface area (Å²) >= 11 is 0. The van der Waals surface area contributed by atoms with Gasteiger partial charge in [0.1, 0.15) is 0 Å². The molecule has 3 aromatic heterocycles. The number of carbonyl (C=O) groups is 2. The van der Waals surface area contributed by atoms with Crippen LogP contribution in [-0.2, 0) is 17.8 Å². The number of allylic oxidation sites excluding steroid dienone is 1. The van der Waals surface area contributed by atoms with Crippen molar-refractivity contribution in [1.82, 2.24) is 34.5 Å². The van der Waals surface area contributed by atoms with Crippen molar-refractivity contribution in [2.45, 2.75) is 51.6 Å². The summed E-state index contributed by atoms with van der Waals surface area (Å²) in [5, 5.41) is 7.44. The number of benzene rings is 1. The first-order valence-electron chi connectivity index (χ1n) is 17.3. The highest BCUT2D eigenvalue weighted by Crippen LogP contribution is 2.37. The number of aldehydes is 1. The lowest BCUT2D eigenvalue weighted by Gasteiger charge is -2.38. The number of carbonyl (C=O) groups excluding carboxylic acids is 2. The molecule has 12 heteroatoms. The fourth-order valence-corrected chi connectivity index (χ4v) is 7.69. The molecule has 2 saturated heterocycles. The zero-order valence-corrected chi connectivity index (χ0v) is 28.3. The molecule has 254 valence electrons. The van der Waals surface area contributed by atoms with Gasteiger partial charge < -0.3 is 20.4 Å². The molecule has 49 heavy (non-hydrogen) atoms. The molecule has 7 rings (SSSR count). The van der Waals surface area contributed by atoms with Gasteiger partial charge in [-0.15, -0.1) is 0 Å². The van der Waals surface area contributed by atoms with Gasteiger partial charge in [0.15, 0.2) is 6.29 Å². The first-order chi connectivity index (χ1) is 23.9. The van der Waals surface area contributed by atoms with E-state index in [0.717, 1.165) is 110 Å². The number of hydrogen-bond acceptors (Lipinski definition) is 10. The van der Waals surface area contributed by atoms with E-state index in [2.05, 4.69) is 47.6 Å². The largest absolute Gasteiger partial charge is 0.404 e. The van der Waals surface area contributed by atoms with E-state index in [0.29, 0.717) is 36.6 Å². The number of hydrogen-bond donors (Lipinski definition) is 1. The maximum absolute atomic E-state index is 12.5. The average Bonchev–Trinajstić information content (AvgIpc) is 3.53. The molecule has 4 aromatic rings. The molecule has 6 heterocycles. The van der Waals surface area contributed by atoms with Gasteiger partial charge in [0.25, 0.3) is 0 Å². The van der Waals surface area contributed by atoms with E-state index in [1.54, 1.807) is 32.6 Å². The van der Waals surface area contributed by atoms with Crippen molar-refractivity contribution in [1.29, 1.82) is 0 Å². The van der Waals surface area contributed by atoms with Gasteiger partial charge in [-0.25, -0.2) is 9.97 Å². The van der Waals surface area contributed by atoms with Crippen LogP contribution in [0.1, 0.15) is 66.0 Å². The first-order valence-corrected chi connectivity index (χ1v) is 17.3. The second kappa shape index (κ2) is 14.3. The van der Waals surface area contributed by atoms with E-state index >= 15 is 0 Å². The van der Waals surface area contributed by atoms with Crippen molar-refractivity contribution in [2.24, 2.45) is 16.6 Å². The Balaban J connectivity index is 1.07. The van der Waals surface area contributed by atoms with Gasteiger partial charge in [0.2, 0.25) is 11.9 Å². The van der Waals surface area contributed by atoms with Crippen molar-refractivity contribution in [3.05, 3.63) is 71.6 Å². The topological polar surface area (TPSA) is 139 Å². The number of aliphatic imine (C=N–C) groups is 1. The molecule has 12 nitrogen and oxygen atoms in total. The number of aromatic nitrogens is 5. The number of piperidine rings is 2. The van der Waals surface area contributed by atoms with Crippen LogP contribution in [0.4, 0.5) is 5.95 Å². The number of nitrogens with zero attached hydrogens (tertiary/aromatic N) is 9. The quantitative estimate of drug-likeness (QED) is 0.218. The molecule has 1 amide bonds. The summed E-state index contributed by atoms with van der Waals surface area (Å²) in [7, 11) is 1.72. The summed E-state index contributed by atoms with van der Waals surface area (Å²) in [5.74, 6) is 1.45. The van der Waals surface area contributed by atoms with E-state index in [9.17, 15) is 9.59 Å². The predicted molar refractivity (Wildman–Crippen MR) is 191 cm³/mol. The summed E-state index contributed by atoms with van der Waals surface area (Å²) in [6, 6.07) is 8.64. The Labute approximate surface area is 286 Å². The molecular weight excluding hydrogens is 616 g/mol. The Kier molecular flexibility index (Phi) is 9.47. The van der Waals surface area contributed by atoms with Crippen molar-refractivity contribution in [3.8, 4) is 11.3 Å². The fourth-order valence-electron chi connectivity index (χ4n) is 7.69. The van der Waals surface area contributed by atoms with Crippen LogP contribution in [0.15, 0.2) is 54.0 Å². The van der Waals surface area contributed by atoms with Gasteiger partial charge in [0.05, 0.1) is 23.0 Å². The van der Waals surface area contributed by atoms with Gasteiger partial charge in [-0.2, -0.15) is 5.10 Å². The highest BCUT2D eigenvalue weighted by atomic mass is 16.2. The number of rotatable bonds is 8. The number of likely N-dealkylation sites (tertiary alicyclic amines) is 1. The smallest absolute Gasteiger partial charge is 0.225 e. The second-order valence-corrected chi connectivity index (χ2v) is 13.4. The van der Waals surface area contributed by atoms with Gasteiger partial charge in [0, 0.05) is 125 Å². The molecule has 2 fully saturated rings. The van der Waals surface area contributed by atoms with Gasteiger partial charge in [-0.1, -0.05) is 18.2 Å². The molecule has 0 unspecified atom stereocenters. The molecule has 0 radical (unpaired) electrons. The van der Waals surface area contributed by atoms with E-state index < -0.39 is 0 Å². The third-order valence-electron chi connectivity index (χ3n) is 10.4. The standard InChI is InChI=1S/C37H44N10O2/c1-25(49)46-15-10-35-33(23-46)36(31-5-3-4-28-16-34(40-21-32(28)31)29(17-38)20-39-2)43-47(35)30-8-11-44(12-9-30)22-26-6-13-45(14-7-26)37-41-18-27(24-48)19-42-37/h3-5,16-21,24,26,30H,6-15,22-23,38H2,1-2H3/b29-17+,39-20?. The summed E-state index contributed by atoms with van der Waals surface area (Å²) in [6.45, 7) is 8.00. The van der Waals surface area contributed by atoms with E-state index in [1.165, 1.54) is 11.9 Å². The Hall–Kier alpha value is -4.97. The molecule has 0 aliphatic carbocycles. The minimum absolute atomic E-state index is 0.0924. The zero-order chi connectivity index (χ0) is 33.9. The first kappa shape index (κ1) is 32.6. The van der Waals surface area contributed by atoms with E-state index in [-0.39, 0.29) is 5.91 Å². The maximum atomic E-state index is 12.5. The molecule has 0 spiro atoms. The summed E-state index contributed by atoms with van der Waals surface area (Å²) in [6.07, 6.45) is 14.2. The monoisotopic (exact) mass is 660 g/mol.